The van der Waals surface area contributed by atoms with Gasteiger partial charge in [0, 0.05) is 11.5 Å². The number of nitrogens with zero attached hydrogens (tertiary/aromatic N) is 2. The molecule has 0 N–H and O–H groups in total. The molecule has 0 fully saturated rings. The lowest BCUT2D eigenvalue weighted by Crippen LogP contribution is -1.95. The molecule has 0 atom stereocenters. The summed E-state index contributed by atoms with van der Waals surface area (Å²) in [5.74, 6) is 0.396. The minimum absolute atomic E-state index is 0.0522. The standard InChI is InChI=1S/C13H8N2O3/c16-15(17)11-8-9-4-1-2-5-10(9)14-13(11)12-6-3-7-18-12/h1-8H. The molecule has 0 saturated heterocycles. The average Bonchev–Trinajstić information content (AvgIpc) is 2.91. The molecule has 0 aliphatic heterocycles. The smallest absolute Gasteiger partial charge is 0.299 e. The van der Waals surface area contributed by atoms with Gasteiger partial charge >= 0.3 is 0 Å². The van der Waals surface area contributed by atoms with E-state index < -0.39 is 4.92 Å². The Labute approximate surface area is 102 Å². The van der Waals surface area contributed by atoms with Crippen molar-refractivity contribution < 1.29 is 9.34 Å². The fraction of sp³-hybridized carbons (Fsp3) is 0. The normalized spacial score (nSPS) is 10.7. The van der Waals surface area contributed by atoms with Crippen LogP contribution in [0.2, 0.25) is 0 Å². The van der Waals surface area contributed by atoms with Crippen molar-refractivity contribution in [3.63, 3.8) is 0 Å². The lowest BCUT2D eigenvalue weighted by atomic mass is 10.1. The van der Waals surface area contributed by atoms with Gasteiger partial charge in [-0.25, -0.2) is 4.98 Å². The van der Waals surface area contributed by atoms with E-state index in [4.69, 9.17) is 4.42 Å². The van der Waals surface area contributed by atoms with Crippen LogP contribution in [0.4, 0.5) is 5.69 Å². The summed E-state index contributed by atoms with van der Waals surface area (Å²) in [6.07, 6.45) is 1.47. The summed E-state index contributed by atoms with van der Waals surface area (Å²) in [7, 11) is 0. The molecule has 0 spiro atoms. The van der Waals surface area contributed by atoms with E-state index in [1.54, 1.807) is 18.2 Å². The van der Waals surface area contributed by atoms with Crippen LogP contribution in [-0.2, 0) is 0 Å². The third-order valence-corrected chi connectivity index (χ3v) is 2.66. The zero-order valence-corrected chi connectivity index (χ0v) is 9.24. The molecule has 88 valence electrons. The number of nitro groups is 1. The predicted molar refractivity (Wildman–Crippen MR) is 66.1 cm³/mol. The molecule has 0 aliphatic rings. The molecule has 18 heavy (non-hydrogen) atoms. The van der Waals surface area contributed by atoms with E-state index >= 15 is 0 Å². The lowest BCUT2D eigenvalue weighted by Gasteiger charge is -2.02. The predicted octanol–water partition coefficient (Wildman–Crippen LogP) is 3.40. The Morgan fingerprint density at radius 3 is 2.72 bits per heavy atom. The number of benzene rings is 1. The maximum atomic E-state index is 11.1. The molecule has 2 aromatic heterocycles. The number of hydrogen-bond acceptors (Lipinski definition) is 4. The van der Waals surface area contributed by atoms with Gasteiger partial charge in [-0.2, -0.15) is 0 Å². The minimum Gasteiger partial charge on any atom is -0.462 e. The summed E-state index contributed by atoms with van der Waals surface area (Å²) in [6, 6.07) is 12.1. The summed E-state index contributed by atoms with van der Waals surface area (Å²) in [5.41, 5.74) is 0.904. The molecule has 0 bridgehead atoms. The van der Waals surface area contributed by atoms with Crippen LogP contribution >= 0.6 is 0 Å². The van der Waals surface area contributed by atoms with Crippen molar-refractivity contribution in [2.45, 2.75) is 0 Å². The van der Waals surface area contributed by atoms with Crippen molar-refractivity contribution in [1.29, 1.82) is 0 Å². The first kappa shape index (κ1) is 10.5. The maximum absolute atomic E-state index is 11.1. The monoisotopic (exact) mass is 240 g/mol. The molecule has 3 rings (SSSR count). The minimum atomic E-state index is -0.447. The summed E-state index contributed by atoms with van der Waals surface area (Å²) in [5, 5.41) is 11.8. The van der Waals surface area contributed by atoms with E-state index in [2.05, 4.69) is 4.98 Å². The van der Waals surface area contributed by atoms with E-state index in [1.165, 1.54) is 12.3 Å². The zero-order chi connectivity index (χ0) is 12.5. The summed E-state index contributed by atoms with van der Waals surface area (Å²) < 4.78 is 5.19. The van der Waals surface area contributed by atoms with E-state index in [0.717, 1.165) is 5.39 Å². The second-order valence-corrected chi connectivity index (χ2v) is 3.78. The van der Waals surface area contributed by atoms with Crippen LogP contribution < -0.4 is 0 Å². The maximum Gasteiger partial charge on any atom is 0.299 e. The Hall–Kier alpha value is -2.69. The fourth-order valence-corrected chi connectivity index (χ4v) is 1.84. The van der Waals surface area contributed by atoms with Crippen LogP contribution in [0.15, 0.2) is 53.1 Å². The first-order chi connectivity index (χ1) is 8.75. The molecule has 0 radical (unpaired) electrons. The van der Waals surface area contributed by atoms with E-state index in [1.807, 2.05) is 18.2 Å². The Balaban J connectivity index is 2.34. The lowest BCUT2D eigenvalue weighted by molar-refractivity contribution is -0.384. The molecule has 2 heterocycles. The van der Waals surface area contributed by atoms with Gasteiger partial charge in [0.25, 0.3) is 5.69 Å². The first-order valence-electron chi connectivity index (χ1n) is 5.34. The van der Waals surface area contributed by atoms with Crippen molar-refractivity contribution in [3.05, 3.63) is 58.8 Å². The summed E-state index contributed by atoms with van der Waals surface area (Å²) >= 11 is 0. The van der Waals surface area contributed by atoms with Gasteiger partial charge in [0.2, 0.25) is 0 Å². The molecule has 3 aromatic rings. The second-order valence-electron chi connectivity index (χ2n) is 3.78. The SMILES string of the molecule is O=[N+]([O-])c1cc2ccccc2nc1-c1ccco1. The Bertz CT molecular complexity index is 720. The number of pyridine rings is 1. The average molecular weight is 240 g/mol. The fourth-order valence-electron chi connectivity index (χ4n) is 1.84. The Kier molecular flexibility index (Phi) is 2.30. The topological polar surface area (TPSA) is 69.2 Å². The highest BCUT2D eigenvalue weighted by Gasteiger charge is 2.20. The van der Waals surface area contributed by atoms with E-state index in [9.17, 15) is 10.1 Å². The van der Waals surface area contributed by atoms with Gasteiger partial charge in [-0.05, 0) is 18.2 Å². The number of hydrogen-bond donors (Lipinski definition) is 0. The number of fused-ring (bicyclic) bond motifs is 1. The van der Waals surface area contributed by atoms with Crippen LogP contribution in [0.1, 0.15) is 0 Å². The van der Waals surface area contributed by atoms with Crippen molar-refractivity contribution in [3.8, 4) is 11.5 Å². The van der Waals surface area contributed by atoms with Gasteiger partial charge in [-0.3, -0.25) is 10.1 Å². The van der Waals surface area contributed by atoms with Crippen LogP contribution in [0.25, 0.3) is 22.4 Å². The van der Waals surface area contributed by atoms with Crippen molar-refractivity contribution in [2.75, 3.05) is 0 Å². The van der Waals surface area contributed by atoms with Crippen molar-refractivity contribution in [2.24, 2.45) is 0 Å². The van der Waals surface area contributed by atoms with Gasteiger partial charge in [-0.15, -0.1) is 0 Å². The summed E-state index contributed by atoms with van der Waals surface area (Å²) in [4.78, 5) is 14.9. The number of rotatable bonds is 2. The van der Waals surface area contributed by atoms with Crippen molar-refractivity contribution >= 4 is 16.6 Å². The van der Waals surface area contributed by atoms with Crippen LogP contribution in [-0.4, -0.2) is 9.91 Å². The van der Waals surface area contributed by atoms with E-state index in [-0.39, 0.29) is 11.4 Å². The third-order valence-electron chi connectivity index (χ3n) is 2.66. The highest BCUT2D eigenvalue weighted by molar-refractivity contribution is 5.85. The number of furan rings is 1. The molecule has 0 amide bonds. The molecule has 0 saturated carbocycles. The molecule has 5 heteroatoms. The van der Waals surface area contributed by atoms with Gasteiger partial charge < -0.3 is 4.42 Å². The molecular formula is C13H8N2O3. The number of para-hydroxylation sites is 1. The molecule has 0 aliphatic carbocycles. The Morgan fingerprint density at radius 2 is 2.00 bits per heavy atom. The van der Waals surface area contributed by atoms with Gasteiger partial charge in [0.1, 0.15) is 0 Å². The number of aromatic nitrogens is 1. The van der Waals surface area contributed by atoms with Gasteiger partial charge in [-0.1, -0.05) is 18.2 Å². The third kappa shape index (κ3) is 1.62. The zero-order valence-electron chi connectivity index (χ0n) is 9.24. The largest absolute Gasteiger partial charge is 0.462 e. The second kappa shape index (κ2) is 3.96. The van der Waals surface area contributed by atoms with Crippen LogP contribution in [0.3, 0.4) is 0 Å². The van der Waals surface area contributed by atoms with E-state index in [0.29, 0.717) is 11.3 Å². The van der Waals surface area contributed by atoms with Crippen LogP contribution in [0, 0.1) is 10.1 Å². The van der Waals surface area contributed by atoms with Crippen LogP contribution in [0.5, 0.6) is 0 Å². The molecular weight excluding hydrogens is 232 g/mol. The van der Waals surface area contributed by atoms with Gasteiger partial charge in [0.15, 0.2) is 11.5 Å². The van der Waals surface area contributed by atoms with Gasteiger partial charge in [0.05, 0.1) is 16.7 Å². The summed E-state index contributed by atoms with van der Waals surface area (Å²) in [6.45, 7) is 0. The first-order valence-corrected chi connectivity index (χ1v) is 5.34. The highest BCUT2D eigenvalue weighted by Crippen LogP contribution is 2.31. The van der Waals surface area contributed by atoms with Crippen molar-refractivity contribution in [1.82, 2.24) is 4.98 Å². The quantitative estimate of drug-likeness (QED) is 0.508. The molecule has 1 aromatic carbocycles. The Morgan fingerprint density at radius 1 is 1.17 bits per heavy atom. The molecule has 0 unspecified atom stereocenters. The molecule has 5 nitrogen and oxygen atoms in total. The highest BCUT2D eigenvalue weighted by atomic mass is 16.6.